The van der Waals surface area contributed by atoms with Crippen LogP contribution in [0, 0.1) is 18.6 Å². The predicted octanol–water partition coefficient (Wildman–Crippen LogP) is 5.18. The van der Waals surface area contributed by atoms with E-state index in [-0.39, 0.29) is 24.0 Å². The molecule has 0 saturated heterocycles. The highest BCUT2D eigenvalue weighted by atomic mass is 32.1. The Balaban J connectivity index is 1.32. The van der Waals surface area contributed by atoms with Crippen LogP contribution in [0.5, 0.6) is 0 Å². The van der Waals surface area contributed by atoms with Gasteiger partial charge in [-0.2, -0.15) is 5.10 Å². The molecular formula is C31H25F2N5O4S. The van der Waals surface area contributed by atoms with Crippen LogP contribution in [0.25, 0.3) is 16.1 Å². The van der Waals surface area contributed by atoms with Crippen LogP contribution in [0.3, 0.4) is 0 Å². The fourth-order valence-corrected chi connectivity index (χ4v) is 6.09. The SMILES string of the molecule is COC(=O)c1ccc2c(c1C)CC[C@@H]2NC(=O)c1cc(C(=O)NCc2ccc(F)c(F)c2)nc2c(-c3cccs3)cnn12. The molecular weight excluding hydrogens is 576 g/mol. The largest absolute Gasteiger partial charge is 0.465 e. The number of methoxy groups -OCH3 is 1. The van der Waals surface area contributed by atoms with E-state index in [2.05, 4.69) is 20.7 Å². The van der Waals surface area contributed by atoms with Crippen molar-refractivity contribution in [3.8, 4) is 10.4 Å². The molecule has 12 heteroatoms. The number of ether oxygens (including phenoxy) is 1. The second kappa shape index (κ2) is 11.4. The van der Waals surface area contributed by atoms with Crippen LogP contribution in [0.2, 0.25) is 0 Å². The van der Waals surface area contributed by atoms with Crippen LogP contribution < -0.4 is 10.6 Å². The van der Waals surface area contributed by atoms with Gasteiger partial charge < -0.3 is 15.4 Å². The van der Waals surface area contributed by atoms with Gasteiger partial charge in [-0.05, 0) is 71.7 Å². The Hall–Kier alpha value is -4.97. The summed E-state index contributed by atoms with van der Waals surface area (Å²) in [4.78, 5) is 44.5. The smallest absolute Gasteiger partial charge is 0.338 e. The number of aromatic nitrogens is 3. The van der Waals surface area contributed by atoms with Gasteiger partial charge >= 0.3 is 5.97 Å². The van der Waals surface area contributed by atoms with E-state index in [1.165, 1.54) is 35.1 Å². The number of rotatable bonds is 7. The molecule has 0 unspecified atom stereocenters. The van der Waals surface area contributed by atoms with E-state index in [9.17, 15) is 23.2 Å². The molecule has 3 heterocycles. The van der Waals surface area contributed by atoms with Gasteiger partial charge in [0, 0.05) is 17.5 Å². The fourth-order valence-electron chi connectivity index (χ4n) is 5.36. The molecule has 5 aromatic rings. The Morgan fingerprint density at radius 1 is 1.09 bits per heavy atom. The highest BCUT2D eigenvalue weighted by Crippen LogP contribution is 2.35. The summed E-state index contributed by atoms with van der Waals surface area (Å²) in [7, 11) is 1.34. The van der Waals surface area contributed by atoms with E-state index in [0.29, 0.717) is 35.2 Å². The minimum absolute atomic E-state index is 0.0380. The topological polar surface area (TPSA) is 115 Å². The zero-order valence-electron chi connectivity index (χ0n) is 23.1. The fraction of sp³-hybridized carbons (Fsp3) is 0.194. The van der Waals surface area contributed by atoms with Gasteiger partial charge in [0.05, 0.1) is 30.5 Å². The molecule has 9 nitrogen and oxygen atoms in total. The van der Waals surface area contributed by atoms with Crippen molar-refractivity contribution in [1.82, 2.24) is 25.2 Å². The van der Waals surface area contributed by atoms with Crippen LogP contribution in [-0.4, -0.2) is 39.5 Å². The number of hydrogen-bond donors (Lipinski definition) is 2. The number of nitrogens with one attached hydrogen (secondary N) is 2. The number of esters is 1. The molecule has 2 N–H and O–H groups in total. The van der Waals surface area contributed by atoms with E-state index in [1.807, 2.05) is 30.5 Å². The van der Waals surface area contributed by atoms with E-state index in [4.69, 9.17) is 4.74 Å². The molecule has 0 aliphatic heterocycles. The Morgan fingerprint density at radius 3 is 2.67 bits per heavy atom. The maximum Gasteiger partial charge on any atom is 0.338 e. The molecule has 6 rings (SSSR count). The summed E-state index contributed by atoms with van der Waals surface area (Å²) >= 11 is 1.47. The van der Waals surface area contributed by atoms with Gasteiger partial charge in [0.2, 0.25) is 0 Å². The van der Waals surface area contributed by atoms with E-state index in [1.54, 1.807) is 12.3 Å². The van der Waals surface area contributed by atoms with Crippen molar-refractivity contribution in [2.45, 2.75) is 32.4 Å². The lowest BCUT2D eigenvalue weighted by Crippen LogP contribution is -2.30. The van der Waals surface area contributed by atoms with Crippen molar-refractivity contribution >= 4 is 34.8 Å². The van der Waals surface area contributed by atoms with Gasteiger partial charge in [0.1, 0.15) is 11.4 Å². The Bertz CT molecular complexity index is 1900. The summed E-state index contributed by atoms with van der Waals surface area (Å²) in [6.45, 7) is 1.79. The molecule has 0 radical (unpaired) electrons. The summed E-state index contributed by atoms with van der Waals surface area (Å²) in [6.07, 6.45) is 2.89. The zero-order valence-corrected chi connectivity index (χ0v) is 23.9. The van der Waals surface area contributed by atoms with Crippen LogP contribution >= 0.6 is 11.3 Å². The number of thiophene rings is 1. The number of amides is 2. The molecule has 43 heavy (non-hydrogen) atoms. The van der Waals surface area contributed by atoms with E-state index in [0.717, 1.165) is 33.7 Å². The summed E-state index contributed by atoms with van der Waals surface area (Å²) in [6, 6.07) is 11.7. The number of fused-ring (bicyclic) bond motifs is 2. The van der Waals surface area contributed by atoms with E-state index < -0.39 is 29.4 Å². The second-order valence-corrected chi connectivity index (χ2v) is 11.0. The molecule has 0 saturated carbocycles. The standard InChI is InChI=1S/C31H25F2N5O4S/c1-16-18-8-10-24(20(18)7-6-19(16)31(41)42-2)37-30(40)26-13-25(29(39)34-14-17-5-9-22(32)23(33)12-17)36-28-21(15-35-38(26)28)27-4-3-11-43-27/h3-7,9,11-13,15,24H,8,10,14H2,1-2H3,(H,34,39)(H,37,40)/t24-/m0/s1. The number of benzene rings is 2. The quantitative estimate of drug-likeness (QED) is 0.249. The Morgan fingerprint density at radius 2 is 1.93 bits per heavy atom. The molecule has 1 aliphatic rings. The molecule has 1 aliphatic carbocycles. The second-order valence-electron chi connectivity index (χ2n) is 10.1. The summed E-state index contributed by atoms with van der Waals surface area (Å²) in [5.41, 5.74) is 4.60. The summed E-state index contributed by atoms with van der Waals surface area (Å²) < 4.78 is 33.3. The first-order chi connectivity index (χ1) is 20.7. The first-order valence-electron chi connectivity index (χ1n) is 13.4. The monoisotopic (exact) mass is 601 g/mol. The zero-order chi connectivity index (χ0) is 30.2. The van der Waals surface area contributed by atoms with Gasteiger partial charge in [-0.15, -0.1) is 11.3 Å². The first-order valence-corrected chi connectivity index (χ1v) is 14.3. The Kier molecular flexibility index (Phi) is 7.45. The van der Waals surface area contributed by atoms with Crippen molar-refractivity contribution < 1.29 is 27.9 Å². The predicted molar refractivity (Wildman–Crippen MR) is 155 cm³/mol. The molecule has 0 spiro atoms. The van der Waals surface area contributed by atoms with Crippen molar-refractivity contribution in [2.75, 3.05) is 7.11 Å². The van der Waals surface area contributed by atoms with Gasteiger partial charge in [0.25, 0.3) is 11.8 Å². The lowest BCUT2D eigenvalue weighted by Gasteiger charge is -2.16. The molecule has 0 bridgehead atoms. The maximum absolute atomic E-state index is 13.8. The number of halogens is 2. The normalized spacial score (nSPS) is 14.0. The van der Waals surface area contributed by atoms with Crippen LogP contribution in [0.1, 0.15) is 66.1 Å². The van der Waals surface area contributed by atoms with E-state index >= 15 is 0 Å². The van der Waals surface area contributed by atoms with Gasteiger partial charge in [-0.25, -0.2) is 23.1 Å². The number of nitrogens with zero attached hydrogens (tertiary/aromatic N) is 3. The molecule has 1 atom stereocenters. The average molecular weight is 602 g/mol. The number of carbonyl (C=O) groups excluding carboxylic acids is 3. The molecule has 3 aromatic heterocycles. The number of carbonyl (C=O) groups is 3. The highest BCUT2D eigenvalue weighted by Gasteiger charge is 2.29. The average Bonchev–Trinajstić information content (AvgIpc) is 3.77. The molecule has 218 valence electrons. The molecule has 0 fully saturated rings. The van der Waals surface area contributed by atoms with Crippen molar-refractivity contribution in [1.29, 1.82) is 0 Å². The molecule has 2 amide bonds. The third-order valence-corrected chi connectivity index (χ3v) is 8.47. The highest BCUT2D eigenvalue weighted by molar-refractivity contribution is 7.13. The maximum atomic E-state index is 13.8. The first kappa shape index (κ1) is 28.2. The summed E-state index contributed by atoms with van der Waals surface area (Å²) in [5.74, 6) is -3.48. The lowest BCUT2D eigenvalue weighted by atomic mass is 9.98. The van der Waals surface area contributed by atoms with Crippen molar-refractivity contribution in [3.05, 3.63) is 111 Å². The van der Waals surface area contributed by atoms with Crippen LogP contribution in [0.15, 0.2) is 60.1 Å². The van der Waals surface area contributed by atoms with Crippen molar-refractivity contribution in [3.63, 3.8) is 0 Å². The van der Waals surface area contributed by atoms with Crippen LogP contribution in [-0.2, 0) is 17.7 Å². The minimum Gasteiger partial charge on any atom is -0.465 e. The van der Waals surface area contributed by atoms with Crippen molar-refractivity contribution in [2.24, 2.45) is 0 Å². The van der Waals surface area contributed by atoms with Gasteiger partial charge in [-0.3, -0.25) is 9.59 Å². The third kappa shape index (κ3) is 5.25. The third-order valence-electron chi connectivity index (χ3n) is 7.56. The van der Waals surface area contributed by atoms with Crippen LogP contribution in [0.4, 0.5) is 8.78 Å². The van der Waals surface area contributed by atoms with Gasteiger partial charge in [-0.1, -0.05) is 18.2 Å². The van der Waals surface area contributed by atoms with Gasteiger partial charge in [0.15, 0.2) is 17.3 Å². The molecule has 2 aromatic carbocycles. The number of hydrogen-bond acceptors (Lipinski definition) is 7. The summed E-state index contributed by atoms with van der Waals surface area (Å²) in [5, 5.41) is 12.0. The Labute approximate surface area is 248 Å². The minimum atomic E-state index is -1.02. The lowest BCUT2D eigenvalue weighted by molar-refractivity contribution is 0.0599.